The fourth-order valence-corrected chi connectivity index (χ4v) is 1.89. The average Bonchev–Trinajstić information content (AvgIpc) is 2.34. The van der Waals surface area contributed by atoms with E-state index < -0.39 is 5.60 Å². The maximum atomic E-state index is 11.9. The zero-order valence-corrected chi connectivity index (χ0v) is 13.8. The molecule has 1 heterocycles. The van der Waals surface area contributed by atoms with Crippen molar-refractivity contribution in [1.82, 2.24) is 10.2 Å². The average molecular weight is 282 g/mol. The third-order valence-electron chi connectivity index (χ3n) is 3.61. The van der Waals surface area contributed by atoms with Gasteiger partial charge < -0.3 is 15.0 Å². The van der Waals surface area contributed by atoms with Gasteiger partial charge in [-0.1, -0.05) is 25.5 Å². The molecule has 4 heteroatoms. The molecule has 1 aliphatic rings. The number of rotatable bonds is 4. The Kier molecular flexibility index (Phi) is 6.06. The van der Waals surface area contributed by atoms with Gasteiger partial charge in [-0.25, -0.2) is 4.79 Å². The highest BCUT2D eigenvalue weighted by molar-refractivity contribution is 5.68. The highest BCUT2D eigenvalue weighted by atomic mass is 16.6. The van der Waals surface area contributed by atoms with Gasteiger partial charge in [0.25, 0.3) is 0 Å². The van der Waals surface area contributed by atoms with E-state index in [1.807, 2.05) is 20.8 Å². The molecule has 1 unspecified atom stereocenters. The maximum absolute atomic E-state index is 11.9. The summed E-state index contributed by atoms with van der Waals surface area (Å²) in [5, 5.41) is 3.53. The largest absolute Gasteiger partial charge is 0.444 e. The van der Waals surface area contributed by atoms with E-state index in [-0.39, 0.29) is 6.09 Å². The van der Waals surface area contributed by atoms with Crippen molar-refractivity contribution in [3.8, 4) is 0 Å². The maximum Gasteiger partial charge on any atom is 0.410 e. The fourth-order valence-electron chi connectivity index (χ4n) is 1.89. The predicted molar refractivity (Wildman–Crippen MR) is 82.8 cm³/mol. The highest BCUT2D eigenvalue weighted by Gasteiger charge is 2.23. The first-order chi connectivity index (χ1) is 9.19. The number of carbonyl (C=O) groups is 1. The first kappa shape index (κ1) is 17.0. The molecule has 0 spiro atoms. The van der Waals surface area contributed by atoms with E-state index >= 15 is 0 Å². The van der Waals surface area contributed by atoms with Crippen LogP contribution in [0.4, 0.5) is 4.79 Å². The van der Waals surface area contributed by atoms with Gasteiger partial charge in [0.05, 0.1) is 0 Å². The van der Waals surface area contributed by atoms with E-state index in [0.29, 0.717) is 18.5 Å². The Hall–Kier alpha value is -1.03. The van der Waals surface area contributed by atoms with Crippen molar-refractivity contribution in [1.29, 1.82) is 0 Å². The molecule has 20 heavy (non-hydrogen) atoms. The number of nitrogens with one attached hydrogen (secondary N) is 1. The molecule has 0 saturated heterocycles. The van der Waals surface area contributed by atoms with Crippen molar-refractivity contribution >= 4 is 6.09 Å². The SMILES string of the molecule is CC(C)C(C)NCC1=CCN(C(=O)OC(C)(C)C)CC1. The lowest BCUT2D eigenvalue weighted by Gasteiger charge is -2.30. The van der Waals surface area contributed by atoms with Crippen LogP contribution in [0.2, 0.25) is 0 Å². The van der Waals surface area contributed by atoms with Gasteiger partial charge in [0, 0.05) is 25.7 Å². The van der Waals surface area contributed by atoms with Crippen LogP contribution in [0.5, 0.6) is 0 Å². The minimum absolute atomic E-state index is 0.212. The van der Waals surface area contributed by atoms with Gasteiger partial charge in [-0.05, 0) is 40.0 Å². The van der Waals surface area contributed by atoms with Crippen LogP contribution >= 0.6 is 0 Å². The Bertz CT molecular complexity index is 356. The first-order valence-electron chi connectivity index (χ1n) is 7.58. The molecular weight excluding hydrogens is 252 g/mol. The van der Waals surface area contributed by atoms with Gasteiger partial charge in [-0.3, -0.25) is 0 Å². The van der Waals surface area contributed by atoms with Gasteiger partial charge in [0.1, 0.15) is 5.60 Å². The molecule has 0 aliphatic carbocycles. The van der Waals surface area contributed by atoms with Crippen molar-refractivity contribution < 1.29 is 9.53 Å². The van der Waals surface area contributed by atoms with Gasteiger partial charge >= 0.3 is 6.09 Å². The number of amides is 1. The summed E-state index contributed by atoms with van der Waals surface area (Å²) in [5.41, 5.74) is 0.965. The van der Waals surface area contributed by atoms with E-state index in [1.165, 1.54) is 5.57 Å². The summed E-state index contributed by atoms with van der Waals surface area (Å²) in [5.74, 6) is 0.637. The van der Waals surface area contributed by atoms with Gasteiger partial charge in [0.15, 0.2) is 0 Å². The monoisotopic (exact) mass is 282 g/mol. The summed E-state index contributed by atoms with van der Waals surface area (Å²) in [6.45, 7) is 14.7. The lowest BCUT2D eigenvalue weighted by Crippen LogP contribution is -2.40. The number of hydrogen-bond acceptors (Lipinski definition) is 3. The summed E-state index contributed by atoms with van der Waals surface area (Å²) < 4.78 is 5.38. The smallest absolute Gasteiger partial charge is 0.410 e. The second-order valence-corrected chi connectivity index (χ2v) is 6.95. The Morgan fingerprint density at radius 2 is 2.05 bits per heavy atom. The number of hydrogen-bond donors (Lipinski definition) is 1. The molecule has 1 atom stereocenters. The molecule has 1 amide bonds. The molecule has 116 valence electrons. The lowest BCUT2D eigenvalue weighted by atomic mass is 10.0. The summed E-state index contributed by atoms with van der Waals surface area (Å²) in [7, 11) is 0. The zero-order valence-electron chi connectivity index (χ0n) is 13.8. The van der Waals surface area contributed by atoms with Gasteiger partial charge in [-0.15, -0.1) is 0 Å². The number of nitrogens with zero attached hydrogens (tertiary/aromatic N) is 1. The lowest BCUT2D eigenvalue weighted by molar-refractivity contribution is 0.0265. The summed E-state index contributed by atoms with van der Waals surface area (Å²) in [6.07, 6.45) is 2.86. The summed E-state index contributed by atoms with van der Waals surface area (Å²) >= 11 is 0. The number of carbonyl (C=O) groups excluding carboxylic acids is 1. The topological polar surface area (TPSA) is 41.6 Å². The van der Waals surface area contributed by atoms with E-state index in [9.17, 15) is 4.79 Å². The van der Waals surface area contributed by atoms with Gasteiger partial charge in [0.2, 0.25) is 0 Å². The van der Waals surface area contributed by atoms with Crippen LogP contribution < -0.4 is 5.32 Å². The Morgan fingerprint density at radius 1 is 1.40 bits per heavy atom. The molecule has 0 radical (unpaired) electrons. The molecule has 0 aromatic rings. The second-order valence-electron chi connectivity index (χ2n) is 6.95. The minimum Gasteiger partial charge on any atom is -0.444 e. The molecule has 0 bridgehead atoms. The van der Waals surface area contributed by atoms with Crippen molar-refractivity contribution in [2.75, 3.05) is 19.6 Å². The molecule has 0 aromatic carbocycles. The van der Waals surface area contributed by atoms with Crippen LogP contribution in [0.15, 0.2) is 11.6 Å². The van der Waals surface area contributed by atoms with Crippen molar-refractivity contribution in [3.05, 3.63) is 11.6 Å². The van der Waals surface area contributed by atoms with Crippen LogP contribution in [0, 0.1) is 5.92 Å². The zero-order chi connectivity index (χ0) is 15.3. The Morgan fingerprint density at radius 3 is 2.50 bits per heavy atom. The van der Waals surface area contributed by atoms with Crippen molar-refractivity contribution in [2.24, 2.45) is 5.92 Å². The van der Waals surface area contributed by atoms with Crippen LogP contribution in [0.3, 0.4) is 0 Å². The number of ether oxygens (including phenoxy) is 1. The molecule has 0 saturated carbocycles. The van der Waals surface area contributed by atoms with Crippen LogP contribution in [-0.4, -0.2) is 42.3 Å². The minimum atomic E-state index is -0.421. The molecule has 1 aliphatic heterocycles. The van der Waals surface area contributed by atoms with E-state index in [1.54, 1.807) is 4.90 Å². The quantitative estimate of drug-likeness (QED) is 0.805. The third kappa shape index (κ3) is 5.95. The van der Waals surface area contributed by atoms with Crippen molar-refractivity contribution in [3.63, 3.8) is 0 Å². The standard InChI is InChI=1S/C16H30N2O2/c1-12(2)13(3)17-11-14-7-9-18(10-8-14)15(19)20-16(4,5)6/h7,12-13,17H,8-11H2,1-6H3. The van der Waals surface area contributed by atoms with E-state index in [0.717, 1.165) is 19.5 Å². The highest BCUT2D eigenvalue weighted by Crippen LogP contribution is 2.15. The normalized spacial score (nSPS) is 17.9. The molecule has 1 N–H and O–H groups in total. The summed E-state index contributed by atoms with van der Waals surface area (Å²) in [6, 6.07) is 0.514. The molecule has 0 aromatic heterocycles. The summed E-state index contributed by atoms with van der Waals surface area (Å²) in [4.78, 5) is 13.7. The predicted octanol–water partition coefficient (Wildman–Crippen LogP) is 3.19. The van der Waals surface area contributed by atoms with Crippen molar-refractivity contribution in [2.45, 2.75) is 59.6 Å². The second kappa shape index (κ2) is 7.11. The molecular formula is C16H30N2O2. The van der Waals surface area contributed by atoms with Gasteiger partial charge in [-0.2, -0.15) is 0 Å². The van der Waals surface area contributed by atoms with Crippen LogP contribution in [0.25, 0.3) is 0 Å². The van der Waals surface area contributed by atoms with E-state index in [4.69, 9.17) is 4.74 Å². The first-order valence-corrected chi connectivity index (χ1v) is 7.58. The van der Waals surface area contributed by atoms with E-state index in [2.05, 4.69) is 32.2 Å². The van der Waals surface area contributed by atoms with Crippen LogP contribution in [0.1, 0.15) is 48.0 Å². The molecule has 4 nitrogen and oxygen atoms in total. The Labute approximate surface area is 123 Å². The molecule has 0 fully saturated rings. The molecule has 1 rings (SSSR count). The van der Waals surface area contributed by atoms with Crippen LogP contribution in [-0.2, 0) is 4.74 Å². The Balaban J connectivity index is 2.39. The fraction of sp³-hybridized carbons (Fsp3) is 0.812. The third-order valence-corrected chi connectivity index (χ3v) is 3.61.